The predicted molar refractivity (Wildman–Crippen MR) is 49.0 cm³/mol. The van der Waals surface area contributed by atoms with Crippen LogP contribution in [0.15, 0.2) is 0 Å². The highest BCUT2D eigenvalue weighted by molar-refractivity contribution is 5.81. The zero-order chi connectivity index (χ0) is 9.84. The first kappa shape index (κ1) is 10.2. The van der Waals surface area contributed by atoms with E-state index in [1.54, 1.807) is 6.92 Å². The molecule has 0 aromatic rings. The Kier molecular flexibility index (Phi) is 3.42. The molecule has 0 saturated carbocycles. The van der Waals surface area contributed by atoms with Crippen LogP contribution in [0.4, 0.5) is 0 Å². The second kappa shape index (κ2) is 4.37. The molecule has 13 heavy (non-hydrogen) atoms. The summed E-state index contributed by atoms with van der Waals surface area (Å²) in [6.45, 7) is 2.40. The average molecular weight is 184 g/mol. The molecular weight excluding hydrogens is 168 g/mol. The lowest BCUT2D eigenvalue weighted by atomic mass is 9.94. The van der Waals surface area contributed by atoms with Crippen molar-refractivity contribution in [2.45, 2.75) is 32.2 Å². The first-order valence-corrected chi connectivity index (χ1v) is 4.63. The van der Waals surface area contributed by atoms with Crippen molar-refractivity contribution in [3.05, 3.63) is 0 Å². The molecule has 0 aliphatic carbocycles. The third-order valence-corrected chi connectivity index (χ3v) is 2.52. The smallest absolute Gasteiger partial charge is 0.234 e. The van der Waals surface area contributed by atoms with Crippen molar-refractivity contribution >= 4 is 11.7 Å². The normalized spacial score (nSPS) is 27.5. The van der Waals surface area contributed by atoms with Crippen LogP contribution in [-0.2, 0) is 9.59 Å². The van der Waals surface area contributed by atoms with Crippen LogP contribution in [0.3, 0.4) is 0 Å². The molecule has 0 radical (unpaired) electrons. The maximum absolute atomic E-state index is 10.9. The SMILES string of the molecule is CC(=O)CC[C@@H]1CCN[C@@H]1C(N)=O. The number of hydrogen-bond donors (Lipinski definition) is 2. The molecule has 0 spiro atoms. The molecule has 0 unspecified atom stereocenters. The first-order chi connectivity index (χ1) is 6.11. The second-order valence-electron chi connectivity index (χ2n) is 3.62. The van der Waals surface area contributed by atoms with Crippen molar-refractivity contribution in [3.63, 3.8) is 0 Å². The number of nitrogens with one attached hydrogen (secondary N) is 1. The fourth-order valence-corrected chi connectivity index (χ4v) is 1.79. The summed E-state index contributed by atoms with van der Waals surface area (Å²) >= 11 is 0. The van der Waals surface area contributed by atoms with Crippen LogP contribution in [-0.4, -0.2) is 24.3 Å². The van der Waals surface area contributed by atoms with E-state index in [2.05, 4.69) is 5.32 Å². The topological polar surface area (TPSA) is 72.2 Å². The molecule has 1 fully saturated rings. The maximum atomic E-state index is 10.9. The second-order valence-corrected chi connectivity index (χ2v) is 3.62. The fraction of sp³-hybridized carbons (Fsp3) is 0.778. The fourth-order valence-electron chi connectivity index (χ4n) is 1.79. The van der Waals surface area contributed by atoms with Gasteiger partial charge in [-0.05, 0) is 32.2 Å². The summed E-state index contributed by atoms with van der Waals surface area (Å²) in [5.41, 5.74) is 5.21. The third-order valence-electron chi connectivity index (χ3n) is 2.52. The minimum Gasteiger partial charge on any atom is -0.368 e. The Bertz CT molecular complexity index is 216. The van der Waals surface area contributed by atoms with Gasteiger partial charge in [-0.25, -0.2) is 0 Å². The van der Waals surface area contributed by atoms with E-state index >= 15 is 0 Å². The van der Waals surface area contributed by atoms with Crippen LogP contribution in [0.25, 0.3) is 0 Å². The molecule has 2 atom stereocenters. The summed E-state index contributed by atoms with van der Waals surface area (Å²) in [7, 11) is 0. The molecule has 1 aliphatic rings. The van der Waals surface area contributed by atoms with Crippen LogP contribution in [0.2, 0.25) is 0 Å². The summed E-state index contributed by atoms with van der Waals surface area (Å²) in [5.74, 6) is 0.127. The number of primary amides is 1. The highest BCUT2D eigenvalue weighted by Crippen LogP contribution is 2.20. The quantitative estimate of drug-likeness (QED) is 0.636. The van der Waals surface area contributed by atoms with Gasteiger partial charge in [0.15, 0.2) is 0 Å². The van der Waals surface area contributed by atoms with E-state index in [-0.39, 0.29) is 23.7 Å². The van der Waals surface area contributed by atoms with E-state index in [9.17, 15) is 9.59 Å². The Balaban J connectivity index is 2.39. The van der Waals surface area contributed by atoms with Gasteiger partial charge in [-0.3, -0.25) is 4.79 Å². The Hall–Kier alpha value is -0.900. The van der Waals surface area contributed by atoms with Gasteiger partial charge in [0.25, 0.3) is 0 Å². The van der Waals surface area contributed by atoms with Crippen molar-refractivity contribution in [3.8, 4) is 0 Å². The van der Waals surface area contributed by atoms with Gasteiger partial charge in [-0.2, -0.15) is 0 Å². The largest absolute Gasteiger partial charge is 0.368 e. The van der Waals surface area contributed by atoms with Gasteiger partial charge in [0, 0.05) is 6.42 Å². The van der Waals surface area contributed by atoms with Crippen molar-refractivity contribution in [2.24, 2.45) is 11.7 Å². The lowest BCUT2D eigenvalue weighted by Crippen LogP contribution is -2.40. The zero-order valence-electron chi connectivity index (χ0n) is 7.88. The molecule has 1 aliphatic heterocycles. The monoisotopic (exact) mass is 184 g/mol. The molecule has 74 valence electrons. The van der Waals surface area contributed by atoms with Gasteiger partial charge in [-0.1, -0.05) is 0 Å². The number of rotatable bonds is 4. The maximum Gasteiger partial charge on any atom is 0.234 e. The molecule has 1 rings (SSSR count). The van der Waals surface area contributed by atoms with Crippen molar-refractivity contribution in [1.29, 1.82) is 0 Å². The number of carbonyl (C=O) groups is 2. The van der Waals surface area contributed by atoms with E-state index in [1.807, 2.05) is 0 Å². The third kappa shape index (κ3) is 2.81. The van der Waals surface area contributed by atoms with Crippen LogP contribution in [0, 0.1) is 5.92 Å². The predicted octanol–water partition coefficient (Wildman–Crippen LogP) is -0.181. The minimum atomic E-state index is -0.300. The van der Waals surface area contributed by atoms with Crippen LogP contribution in [0.5, 0.6) is 0 Å². The molecule has 4 nitrogen and oxygen atoms in total. The number of nitrogens with two attached hydrogens (primary N) is 1. The first-order valence-electron chi connectivity index (χ1n) is 4.63. The van der Waals surface area contributed by atoms with E-state index in [1.165, 1.54) is 0 Å². The Morgan fingerprint density at radius 3 is 2.77 bits per heavy atom. The molecule has 0 bridgehead atoms. The number of amides is 1. The van der Waals surface area contributed by atoms with Gasteiger partial charge in [0.05, 0.1) is 6.04 Å². The number of ketones is 1. The van der Waals surface area contributed by atoms with Gasteiger partial charge >= 0.3 is 0 Å². The van der Waals surface area contributed by atoms with Crippen molar-refractivity contribution in [2.75, 3.05) is 6.54 Å². The molecule has 3 N–H and O–H groups in total. The minimum absolute atomic E-state index is 0.176. The highest BCUT2D eigenvalue weighted by atomic mass is 16.1. The van der Waals surface area contributed by atoms with E-state index in [0.29, 0.717) is 6.42 Å². The van der Waals surface area contributed by atoms with E-state index in [4.69, 9.17) is 5.73 Å². The highest BCUT2D eigenvalue weighted by Gasteiger charge is 2.30. The summed E-state index contributed by atoms with van der Waals surface area (Å²) in [4.78, 5) is 21.7. The average Bonchev–Trinajstić information content (AvgIpc) is 2.47. The van der Waals surface area contributed by atoms with Crippen molar-refractivity contribution < 1.29 is 9.59 Å². The zero-order valence-corrected chi connectivity index (χ0v) is 7.88. The lowest BCUT2D eigenvalue weighted by Gasteiger charge is -2.14. The van der Waals surface area contributed by atoms with Gasteiger partial charge in [0.2, 0.25) is 5.91 Å². The molecule has 1 saturated heterocycles. The Labute approximate surface area is 77.9 Å². The Morgan fingerprint density at radius 1 is 1.54 bits per heavy atom. The standard InChI is InChI=1S/C9H16N2O2/c1-6(12)2-3-7-4-5-11-8(7)9(10)13/h7-8,11H,2-5H2,1H3,(H2,10,13)/t7-,8+/m1/s1. The summed E-state index contributed by atoms with van der Waals surface area (Å²) in [5, 5.41) is 3.04. The van der Waals surface area contributed by atoms with Gasteiger partial charge < -0.3 is 15.8 Å². The van der Waals surface area contributed by atoms with E-state index in [0.717, 1.165) is 19.4 Å². The molecular formula is C9H16N2O2. The molecule has 0 aromatic carbocycles. The lowest BCUT2D eigenvalue weighted by molar-refractivity contribution is -0.121. The van der Waals surface area contributed by atoms with E-state index < -0.39 is 0 Å². The number of hydrogen-bond acceptors (Lipinski definition) is 3. The van der Waals surface area contributed by atoms with Crippen LogP contribution in [0.1, 0.15) is 26.2 Å². The van der Waals surface area contributed by atoms with Gasteiger partial charge in [-0.15, -0.1) is 0 Å². The number of Topliss-reactive ketones (excluding diaryl/α,β-unsaturated/α-hetero) is 1. The summed E-state index contributed by atoms with van der Waals surface area (Å²) in [6.07, 6.45) is 2.27. The van der Waals surface area contributed by atoms with Crippen LogP contribution >= 0.6 is 0 Å². The van der Waals surface area contributed by atoms with Crippen molar-refractivity contribution in [1.82, 2.24) is 5.32 Å². The molecule has 1 heterocycles. The number of carbonyl (C=O) groups excluding carboxylic acids is 2. The Morgan fingerprint density at radius 2 is 2.23 bits per heavy atom. The summed E-state index contributed by atoms with van der Waals surface area (Å²) < 4.78 is 0. The molecule has 1 amide bonds. The summed E-state index contributed by atoms with van der Waals surface area (Å²) in [6, 6.07) is -0.223. The van der Waals surface area contributed by atoms with Gasteiger partial charge in [0.1, 0.15) is 5.78 Å². The molecule has 4 heteroatoms. The molecule has 0 aromatic heterocycles. The van der Waals surface area contributed by atoms with Crippen LogP contribution < -0.4 is 11.1 Å².